The summed E-state index contributed by atoms with van der Waals surface area (Å²) in [5, 5.41) is 4.79. The fourth-order valence-electron chi connectivity index (χ4n) is 2.03. The Morgan fingerprint density at radius 3 is 2.95 bits per heavy atom. The van der Waals surface area contributed by atoms with Crippen molar-refractivity contribution in [2.45, 2.75) is 20.0 Å². The maximum Gasteiger partial charge on any atom is 0.336 e. The highest BCUT2D eigenvalue weighted by Gasteiger charge is 2.08. The molecule has 0 N–H and O–H groups in total. The van der Waals surface area contributed by atoms with Gasteiger partial charge in [0.05, 0.1) is 0 Å². The number of nitrogens with zero attached hydrogens (tertiary/aromatic N) is 2. The zero-order valence-corrected chi connectivity index (χ0v) is 12.7. The van der Waals surface area contributed by atoms with E-state index in [1.165, 1.54) is 6.07 Å². The minimum Gasteiger partial charge on any atom is -0.487 e. The summed E-state index contributed by atoms with van der Waals surface area (Å²) in [7, 11) is 0. The Bertz CT molecular complexity index is 844. The first kappa shape index (κ1) is 14.0. The van der Waals surface area contributed by atoms with Crippen molar-refractivity contribution < 1.29 is 9.15 Å². The van der Waals surface area contributed by atoms with Gasteiger partial charge in [0.15, 0.2) is 0 Å². The summed E-state index contributed by atoms with van der Waals surface area (Å²) >= 11 is 7.03. The van der Waals surface area contributed by atoms with Crippen LogP contribution < -0.4 is 10.4 Å². The van der Waals surface area contributed by atoms with Gasteiger partial charge in [-0.15, -0.1) is 5.10 Å². The Morgan fingerprint density at radius 2 is 2.24 bits per heavy atom. The van der Waals surface area contributed by atoms with Gasteiger partial charge in [0, 0.05) is 29.1 Å². The first-order chi connectivity index (χ1) is 10.2. The van der Waals surface area contributed by atoms with E-state index in [4.69, 9.17) is 20.8 Å². The average molecular weight is 323 g/mol. The SMILES string of the molecule is CCc1cc(=O)oc2cc(OCc3nnsc3Cl)ccc12. The molecule has 2 heterocycles. The van der Waals surface area contributed by atoms with Gasteiger partial charge >= 0.3 is 5.63 Å². The molecule has 1 aromatic carbocycles. The van der Waals surface area contributed by atoms with Crippen LogP contribution in [0.4, 0.5) is 0 Å². The zero-order chi connectivity index (χ0) is 14.8. The molecule has 0 radical (unpaired) electrons. The number of hydrogen-bond acceptors (Lipinski definition) is 6. The van der Waals surface area contributed by atoms with Crippen molar-refractivity contribution in [1.29, 1.82) is 0 Å². The number of rotatable bonds is 4. The molecule has 3 rings (SSSR count). The number of ether oxygens (including phenoxy) is 1. The van der Waals surface area contributed by atoms with Crippen LogP contribution in [0.25, 0.3) is 11.0 Å². The lowest BCUT2D eigenvalue weighted by Gasteiger charge is -2.07. The smallest absolute Gasteiger partial charge is 0.336 e. The van der Waals surface area contributed by atoms with E-state index in [-0.39, 0.29) is 12.2 Å². The van der Waals surface area contributed by atoms with E-state index in [9.17, 15) is 4.79 Å². The summed E-state index contributed by atoms with van der Waals surface area (Å²) < 4.78 is 15.1. The minimum atomic E-state index is -0.358. The van der Waals surface area contributed by atoms with E-state index in [1.54, 1.807) is 6.07 Å². The fraction of sp³-hybridized carbons (Fsp3) is 0.214. The normalized spacial score (nSPS) is 11.0. The quantitative estimate of drug-likeness (QED) is 0.688. The summed E-state index contributed by atoms with van der Waals surface area (Å²) in [5.41, 5.74) is 1.70. The van der Waals surface area contributed by atoms with Gasteiger partial charge in [-0.1, -0.05) is 23.0 Å². The second kappa shape index (κ2) is 5.83. The number of halogens is 1. The molecule has 0 bridgehead atoms. The van der Waals surface area contributed by atoms with Crippen molar-refractivity contribution in [2.75, 3.05) is 0 Å². The van der Waals surface area contributed by atoms with Gasteiger partial charge in [-0.25, -0.2) is 4.79 Å². The predicted molar refractivity (Wildman–Crippen MR) is 81.1 cm³/mol. The standard InChI is InChI=1S/C14H11ClN2O3S/c1-2-8-5-13(18)20-12-6-9(3-4-10(8)12)19-7-11-14(15)21-17-16-11/h3-6H,2,7H2,1H3. The lowest BCUT2D eigenvalue weighted by atomic mass is 10.1. The van der Waals surface area contributed by atoms with Gasteiger partial charge in [0.2, 0.25) is 0 Å². The summed E-state index contributed by atoms with van der Waals surface area (Å²) in [5.74, 6) is 0.586. The number of benzene rings is 1. The molecule has 0 saturated heterocycles. The molecule has 7 heteroatoms. The molecule has 0 aliphatic heterocycles. The van der Waals surface area contributed by atoms with Crippen LogP contribution in [0.5, 0.6) is 5.75 Å². The molecule has 2 aromatic heterocycles. The minimum absolute atomic E-state index is 0.221. The van der Waals surface area contributed by atoms with Gasteiger partial charge in [0.1, 0.15) is 28.0 Å². The molecular weight excluding hydrogens is 312 g/mol. The largest absolute Gasteiger partial charge is 0.487 e. The Labute approximate surface area is 129 Å². The molecular formula is C14H11ClN2O3S. The summed E-state index contributed by atoms with van der Waals surface area (Å²) in [4.78, 5) is 11.5. The van der Waals surface area contributed by atoms with Crippen LogP contribution in [-0.2, 0) is 13.0 Å². The number of aryl methyl sites for hydroxylation is 1. The van der Waals surface area contributed by atoms with Gasteiger partial charge in [-0.2, -0.15) is 0 Å². The van der Waals surface area contributed by atoms with Crippen LogP contribution in [0.1, 0.15) is 18.2 Å². The maximum absolute atomic E-state index is 11.5. The van der Waals surface area contributed by atoms with E-state index in [0.29, 0.717) is 21.4 Å². The van der Waals surface area contributed by atoms with Crippen LogP contribution in [0.2, 0.25) is 4.34 Å². The molecule has 108 valence electrons. The third-order valence-corrected chi connectivity index (χ3v) is 4.05. The fourth-order valence-corrected chi connectivity index (χ4v) is 2.63. The van der Waals surface area contributed by atoms with Gasteiger partial charge in [0.25, 0.3) is 0 Å². The third-order valence-electron chi connectivity index (χ3n) is 3.07. The Kier molecular flexibility index (Phi) is 3.90. The van der Waals surface area contributed by atoms with Crippen molar-refractivity contribution >= 4 is 34.1 Å². The number of fused-ring (bicyclic) bond motifs is 1. The highest BCUT2D eigenvalue weighted by atomic mass is 35.5. The number of aromatic nitrogens is 2. The Hall–Kier alpha value is -1.92. The van der Waals surface area contributed by atoms with Crippen LogP contribution in [0, 0.1) is 0 Å². The monoisotopic (exact) mass is 322 g/mol. The summed E-state index contributed by atoms with van der Waals surface area (Å²) in [6.45, 7) is 2.22. The molecule has 3 aromatic rings. The summed E-state index contributed by atoms with van der Waals surface area (Å²) in [6, 6.07) is 6.93. The Balaban J connectivity index is 1.90. The molecule has 5 nitrogen and oxygen atoms in total. The molecule has 0 saturated carbocycles. The van der Waals surface area contributed by atoms with Crippen LogP contribution >= 0.6 is 23.1 Å². The third kappa shape index (κ3) is 2.91. The lowest BCUT2D eigenvalue weighted by molar-refractivity contribution is 0.301. The maximum atomic E-state index is 11.5. The second-order valence-corrected chi connectivity index (χ2v) is 5.74. The molecule has 0 unspecified atom stereocenters. The molecule has 21 heavy (non-hydrogen) atoms. The highest BCUT2D eigenvalue weighted by molar-refractivity contribution is 7.10. The predicted octanol–water partition coefficient (Wildman–Crippen LogP) is 3.44. The van der Waals surface area contributed by atoms with Crippen molar-refractivity contribution in [2.24, 2.45) is 0 Å². The molecule has 0 aliphatic rings. The molecule has 0 atom stereocenters. The van der Waals surface area contributed by atoms with E-state index in [0.717, 1.165) is 28.9 Å². The number of hydrogen-bond donors (Lipinski definition) is 0. The van der Waals surface area contributed by atoms with Crippen molar-refractivity contribution in [3.05, 3.63) is 50.3 Å². The van der Waals surface area contributed by atoms with Gasteiger partial charge < -0.3 is 9.15 Å². The van der Waals surface area contributed by atoms with Gasteiger partial charge in [-0.3, -0.25) is 0 Å². The Morgan fingerprint density at radius 1 is 1.38 bits per heavy atom. The van der Waals surface area contributed by atoms with Crippen LogP contribution in [-0.4, -0.2) is 9.59 Å². The lowest BCUT2D eigenvalue weighted by Crippen LogP contribution is -2.01. The van der Waals surface area contributed by atoms with Crippen LogP contribution in [0.3, 0.4) is 0 Å². The summed E-state index contributed by atoms with van der Waals surface area (Å²) in [6.07, 6.45) is 0.766. The zero-order valence-electron chi connectivity index (χ0n) is 11.1. The van der Waals surface area contributed by atoms with E-state index in [2.05, 4.69) is 9.59 Å². The van der Waals surface area contributed by atoms with E-state index in [1.807, 2.05) is 19.1 Å². The van der Waals surface area contributed by atoms with Gasteiger partial charge in [-0.05, 0) is 24.1 Å². The highest BCUT2D eigenvalue weighted by Crippen LogP contribution is 2.24. The molecule has 0 aliphatic carbocycles. The topological polar surface area (TPSA) is 65.2 Å². The second-order valence-electron chi connectivity index (χ2n) is 4.38. The van der Waals surface area contributed by atoms with Crippen LogP contribution in [0.15, 0.2) is 33.5 Å². The first-order valence-corrected chi connectivity index (χ1v) is 7.49. The van der Waals surface area contributed by atoms with Crippen molar-refractivity contribution in [3.63, 3.8) is 0 Å². The average Bonchev–Trinajstić information content (AvgIpc) is 2.89. The molecule has 0 amide bonds. The van der Waals surface area contributed by atoms with E-state index < -0.39 is 0 Å². The van der Waals surface area contributed by atoms with E-state index >= 15 is 0 Å². The first-order valence-electron chi connectivity index (χ1n) is 6.33. The molecule has 0 spiro atoms. The van der Waals surface area contributed by atoms with Crippen molar-refractivity contribution in [1.82, 2.24) is 9.59 Å². The molecule has 0 fully saturated rings. The van der Waals surface area contributed by atoms with Crippen molar-refractivity contribution in [3.8, 4) is 5.75 Å².